The molecule has 0 saturated carbocycles. The van der Waals surface area contributed by atoms with Crippen molar-refractivity contribution in [3.05, 3.63) is 53.6 Å². The SMILES string of the molecule is Nc1ccc(N([C@@H]2CS(=O)(=O)C[C@H]2O)S(=O)(=O)c2ccc(Cl)cc2)cc1. The molecule has 2 aromatic rings. The van der Waals surface area contributed by atoms with E-state index in [1.165, 1.54) is 48.5 Å². The molecule has 0 amide bonds. The third kappa shape index (κ3) is 3.66. The summed E-state index contributed by atoms with van der Waals surface area (Å²) < 4.78 is 51.2. The minimum atomic E-state index is -4.14. The van der Waals surface area contributed by atoms with Crippen molar-refractivity contribution < 1.29 is 21.9 Å². The average Bonchev–Trinajstić information content (AvgIpc) is 2.82. The van der Waals surface area contributed by atoms with Crippen LogP contribution in [0.25, 0.3) is 0 Å². The zero-order valence-electron chi connectivity index (χ0n) is 13.5. The zero-order chi connectivity index (χ0) is 19.1. The highest BCUT2D eigenvalue weighted by atomic mass is 35.5. The van der Waals surface area contributed by atoms with Crippen molar-refractivity contribution in [2.24, 2.45) is 0 Å². The predicted molar refractivity (Wildman–Crippen MR) is 100 cm³/mol. The molecule has 1 fully saturated rings. The van der Waals surface area contributed by atoms with Crippen molar-refractivity contribution in [2.75, 3.05) is 21.5 Å². The van der Waals surface area contributed by atoms with Gasteiger partial charge < -0.3 is 10.8 Å². The first-order chi connectivity index (χ1) is 12.1. The summed E-state index contributed by atoms with van der Waals surface area (Å²) in [7, 11) is -7.70. The standard InChI is InChI=1S/C16H17ClN2O5S2/c17-11-1-7-14(8-2-11)26(23,24)19(13-5-3-12(18)4-6-13)15-9-25(21,22)10-16(15)20/h1-8,15-16,20H,9-10,18H2/t15-,16-/m1/s1. The van der Waals surface area contributed by atoms with Gasteiger partial charge in [-0.15, -0.1) is 0 Å². The van der Waals surface area contributed by atoms with Crippen LogP contribution in [0, 0.1) is 0 Å². The number of nitrogens with two attached hydrogens (primary N) is 1. The van der Waals surface area contributed by atoms with Crippen molar-refractivity contribution in [1.29, 1.82) is 0 Å². The summed E-state index contributed by atoms with van der Waals surface area (Å²) in [6.07, 6.45) is -1.33. The van der Waals surface area contributed by atoms with Crippen LogP contribution in [0.1, 0.15) is 0 Å². The van der Waals surface area contributed by atoms with Gasteiger partial charge in [-0.2, -0.15) is 0 Å². The van der Waals surface area contributed by atoms with Crippen molar-refractivity contribution in [3.8, 4) is 0 Å². The van der Waals surface area contributed by atoms with Crippen LogP contribution < -0.4 is 10.0 Å². The smallest absolute Gasteiger partial charge is 0.264 e. The van der Waals surface area contributed by atoms with Crippen LogP contribution in [0.4, 0.5) is 11.4 Å². The molecule has 3 N–H and O–H groups in total. The van der Waals surface area contributed by atoms with Crippen molar-refractivity contribution in [3.63, 3.8) is 0 Å². The maximum Gasteiger partial charge on any atom is 0.264 e. The molecule has 1 saturated heterocycles. The second-order valence-electron chi connectivity index (χ2n) is 6.06. The molecule has 0 unspecified atom stereocenters. The second kappa shape index (κ2) is 6.73. The molecule has 3 rings (SSSR count). The fourth-order valence-corrected chi connectivity index (χ4v) is 6.55. The van der Waals surface area contributed by atoms with Gasteiger partial charge in [0.15, 0.2) is 9.84 Å². The number of hydrogen-bond donors (Lipinski definition) is 2. The lowest BCUT2D eigenvalue weighted by atomic mass is 10.2. The summed E-state index contributed by atoms with van der Waals surface area (Å²) in [5, 5.41) is 10.6. The topological polar surface area (TPSA) is 118 Å². The van der Waals surface area contributed by atoms with Gasteiger partial charge in [0.1, 0.15) is 0 Å². The van der Waals surface area contributed by atoms with Gasteiger partial charge in [0.25, 0.3) is 10.0 Å². The van der Waals surface area contributed by atoms with Gasteiger partial charge in [-0.1, -0.05) is 11.6 Å². The van der Waals surface area contributed by atoms with Gasteiger partial charge in [-0.3, -0.25) is 4.31 Å². The number of hydrogen-bond acceptors (Lipinski definition) is 6. The van der Waals surface area contributed by atoms with Crippen molar-refractivity contribution in [1.82, 2.24) is 0 Å². The molecule has 0 aliphatic carbocycles. The van der Waals surface area contributed by atoms with Gasteiger partial charge >= 0.3 is 0 Å². The normalized spacial score (nSPS) is 22.2. The minimum Gasteiger partial charge on any atom is -0.399 e. The first-order valence-corrected chi connectivity index (χ1v) is 11.3. The van der Waals surface area contributed by atoms with Gasteiger partial charge in [-0.05, 0) is 48.5 Å². The quantitative estimate of drug-likeness (QED) is 0.725. The number of aliphatic hydroxyl groups excluding tert-OH is 1. The predicted octanol–water partition coefficient (Wildman–Crippen LogP) is 1.28. The molecule has 1 aliphatic rings. The number of benzene rings is 2. The zero-order valence-corrected chi connectivity index (χ0v) is 15.9. The molecular formula is C16H17ClN2O5S2. The maximum absolute atomic E-state index is 13.2. The van der Waals surface area contributed by atoms with E-state index in [1.807, 2.05) is 0 Å². The lowest BCUT2D eigenvalue weighted by Gasteiger charge is -2.31. The maximum atomic E-state index is 13.2. The minimum absolute atomic E-state index is 0.0600. The number of sulfone groups is 1. The van der Waals surface area contributed by atoms with Gasteiger partial charge in [-0.25, -0.2) is 16.8 Å². The van der Waals surface area contributed by atoms with E-state index in [4.69, 9.17) is 17.3 Å². The van der Waals surface area contributed by atoms with E-state index in [-0.39, 0.29) is 10.6 Å². The molecule has 10 heteroatoms. The van der Waals surface area contributed by atoms with E-state index >= 15 is 0 Å². The van der Waals surface area contributed by atoms with E-state index in [0.29, 0.717) is 10.7 Å². The Hall–Kier alpha value is -1.81. The summed E-state index contributed by atoms with van der Waals surface area (Å²) in [5.41, 5.74) is 6.31. The molecule has 140 valence electrons. The van der Waals surface area contributed by atoms with Gasteiger partial charge in [0.2, 0.25) is 0 Å². The number of nitrogens with zero attached hydrogens (tertiary/aromatic N) is 1. The van der Waals surface area contributed by atoms with Gasteiger partial charge in [0.05, 0.1) is 34.2 Å². The fourth-order valence-electron chi connectivity index (χ4n) is 2.88. The molecule has 26 heavy (non-hydrogen) atoms. The van der Waals surface area contributed by atoms with Crippen molar-refractivity contribution >= 4 is 42.8 Å². The Labute approximate surface area is 157 Å². The summed E-state index contributed by atoms with van der Waals surface area (Å²) in [6, 6.07) is 10.3. The van der Waals surface area contributed by atoms with Gasteiger partial charge in [0, 0.05) is 10.7 Å². The number of nitrogen functional groups attached to an aromatic ring is 1. The Morgan fingerprint density at radius 3 is 2.12 bits per heavy atom. The Balaban J connectivity index is 2.14. The molecule has 1 aliphatic heterocycles. The number of sulfonamides is 1. The van der Waals surface area contributed by atoms with E-state index < -0.39 is 43.5 Å². The molecule has 0 radical (unpaired) electrons. The van der Waals surface area contributed by atoms with Crippen LogP contribution in [0.5, 0.6) is 0 Å². The largest absolute Gasteiger partial charge is 0.399 e. The molecule has 0 bridgehead atoms. The van der Waals surface area contributed by atoms with Crippen LogP contribution in [-0.2, 0) is 19.9 Å². The highest BCUT2D eigenvalue weighted by molar-refractivity contribution is 7.93. The van der Waals surface area contributed by atoms with Crippen LogP contribution in [-0.4, -0.2) is 45.6 Å². The van der Waals surface area contributed by atoms with Crippen molar-refractivity contribution in [2.45, 2.75) is 17.0 Å². The number of aliphatic hydroxyl groups is 1. The summed E-state index contributed by atoms with van der Waals surface area (Å²) >= 11 is 5.82. The first-order valence-electron chi connectivity index (χ1n) is 7.64. The third-order valence-electron chi connectivity index (χ3n) is 4.11. The van der Waals surface area contributed by atoms with Crippen LogP contribution >= 0.6 is 11.6 Å². The molecule has 7 nitrogen and oxygen atoms in total. The van der Waals surface area contributed by atoms with Crippen LogP contribution in [0.15, 0.2) is 53.4 Å². The Bertz CT molecular complexity index is 1010. The van der Waals surface area contributed by atoms with E-state index in [1.54, 1.807) is 0 Å². The molecule has 2 aromatic carbocycles. The summed E-state index contributed by atoms with van der Waals surface area (Å²) in [5.74, 6) is -0.954. The molecule has 0 spiro atoms. The number of anilines is 2. The van der Waals surface area contributed by atoms with E-state index in [0.717, 1.165) is 4.31 Å². The molecule has 0 aromatic heterocycles. The number of halogens is 1. The van der Waals surface area contributed by atoms with Crippen LogP contribution in [0.3, 0.4) is 0 Å². The van der Waals surface area contributed by atoms with Crippen LogP contribution in [0.2, 0.25) is 5.02 Å². The molecule has 2 atom stereocenters. The third-order valence-corrected chi connectivity index (χ3v) is 7.93. The fraction of sp³-hybridized carbons (Fsp3) is 0.250. The highest BCUT2D eigenvalue weighted by Crippen LogP contribution is 2.32. The second-order valence-corrected chi connectivity index (χ2v) is 10.5. The summed E-state index contributed by atoms with van der Waals surface area (Å²) in [6.45, 7) is 0. The lowest BCUT2D eigenvalue weighted by molar-refractivity contribution is 0.184. The molecular weight excluding hydrogens is 400 g/mol. The lowest BCUT2D eigenvalue weighted by Crippen LogP contribution is -2.47. The average molecular weight is 417 g/mol. The Kier molecular flexibility index (Phi) is 4.91. The Morgan fingerprint density at radius 2 is 1.62 bits per heavy atom. The highest BCUT2D eigenvalue weighted by Gasteiger charge is 2.45. The molecule has 1 heterocycles. The summed E-state index contributed by atoms with van der Waals surface area (Å²) in [4.78, 5) is -0.0600. The monoisotopic (exact) mass is 416 g/mol. The number of rotatable bonds is 4. The van der Waals surface area contributed by atoms with E-state index in [2.05, 4.69) is 0 Å². The Morgan fingerprint density at radius 1 is 1.04 bits per heavy atom. The first kappa shape index (κ1) is 19.0. The van der Waals surface area contributed by atoms with E-state index in [9.17, 15) is 21.9 Å².